The van der Waals surface area contributed by atoms with E-state index in [1.807, 2.05) is 51.0 Å². The van der Waals surface area contributed by atoms with Crippen molar-refractivity contribution in [1.29, 1.82) is 0 Å². The fraction of sp³-hybridized carbons (Fsp3) is 0.533. The number of benzene rings is 1. The van der Waals surface area contributed by atoms with Gasteiger partial charge in [0.2, 0.25) is 0 Å². The van der Waals surface area contributed by atoms with Gasteiger partial charge in [0, 0.05) is 32.0 Å². The molecule has 2 unspecified atom stereocenters. The molecular weight excluding hydrogens is 240 g/mol. The molecule has 4 heteroatoms. The lowest BCUT2D eigenvalue weighted by Gasteiger charge is -2.27. The van der Waals surface area contributed by atoms with Gasteiger partial charge in [0.15, 0.2) is 0 Å². The van der Waals surface area contributed by atoms with Crippen molar-refractivity contribution < 1.29 is 9.53 Å². The summed E-state index contributed by atoms with van der Waals surface area (Å²) in [6, 6.07) is 5.94. The van der Waals surface area contributed by atoms with Crippen molar-refractivity contribution in [2.45, 2.75) is 32.4 Å². The molecule has 1 fully saturated rings. The SMILES string of the molecule is CNc1ccc(C(=O)N(C)C2CCOC2C)cc1C. The highest BCUT2D eigenvalue weighted by atomic mass is 16.5. The minimum Gasteiger partial charge on any atom is -0.388 e. The average molecular weight is 262 g/mol. The van der Waals surface area contributed by atoms with Crippen LogP contribution in [0.25, 0.3) is 0 Å². The molecule has 1 aliphatic rings. The van der Waals surface area contributed by atoms with Crippen LogP contribution in [0.3, 0.4) is 0 Å². The van der Waals surface area contributed by atoms with Gasteiger partial charge < -0.3 is 15.0 Å². The molecule has 1 heterocycles. The van der Waals surface area contributed by atoms with E-state index in [0.29, 0.717) is 0 Å². The number of carbonyl (C=O) groups excluding carboxylic acids is 1. The first kappa shape index (κ1) is 13.9. The van der Waals surface area contributed by atoms with E-state index in [1.54, 1.807) is 0 Å². The predicted octanol–water partition coefficient (Wildman–Crippen LogP) is 2.29. The van der Waals surface area contributed by atoms with Crippen LogP contribution in [0.5, 0.6) is 0 Å². The number of amides is 1. The van der Waals surface area contributed by atoms with E-state index in [4.69, 9.17) is 4.74 Å². The Morgan fingerprint density at radius 1 is 1.47 bits per heavy atom. The Bertz CT molecular complexity index is 473. The van der Waals surface area contributed by atoms with E-state index in [0.717, 1.165) is 29.8 Å². The Labute approximate surface area is 114 Å². The van der Waals surface area contributed by atoms with Gasteiger partial charge in [-0.2, -0.15) is 0 Å². The van der Waals surface area contributed by atoms with E-state index in [9.17, 15) is 4.79 Å². The molecule has 1 saturated heterocycles. The standard InChI is InChI=1S/C15H22N2O2/c1-10-9-12(5-6-13(10)16-3)15(18)17(4)14-7-8-19-11(14)2/h5-6,9,11,14,16H,7-8H2,1-4H3. The molecule has 0 radical (unpaired) electrons. The number of carbonyl (C=O) groups is 1. The molecule has 2 atom stereocenters. The van der Waals surface area contributed by atoms with E-state index < -0.39 is 0 Å². The third-order valence-corrected chi connectivity index (χ3v) is 3.90. The largest absolute Gasteiger partial charge is 0.388 e. The van der Waals surface area contributed by atoms with Crippen LogP contribution in [0.15, 0.2) is 18.2 Å². The maximum atomic E-state index is 12.5. The second kappa shape index (κ2) is 5.61. The van der Waals surface area contributed by atoms with Crippen LogP contribution in [0.1, 0.15) is 29.3 Å². The van der Waals surface area contributed by atoms with Crippen molar-refractivity contribution in [3.05, 3.63) is 29.3 Å². The summed E-state index contributed by atoms with van der Waals surface area (Å²) in [5.74, 6) is 0.0631. The highest BCUT2D eigenvalue weighted by Gasteiger charge is 2.31. The van der Waals surface area contributed by atoms with Gasteiger partial charge in [-0.25, -0.2) is 0 Å². The van der Waals surface area contributed by atoms with Gasteiger partial charge in [-0.15, -0.1) is 0 Å². The predicted molar refractivity (Wildman–Crippen MR) is 76.6 cm³/mol. The highest BCUT2D eigenvalue weighted by molar-refractivity contribution is 5.95. The smallest absolute Gasteiger partial charge is 0.253 e. The Morgan fingerprint density at radius 2 is 2.21 bits per heavy atom. The van der Waals surface area contributed by atoms with E-state index in [1.165, 1.54) is 0 Å². The fourth-order valence-electron chi connectivity index (χ4n) is 2.66. The van der Waals surface area contributed by atoms with Gasteiger partial charge >= 0.3 is 0 Å². The third-order valence-electron chi connectivity index (χ3n) is 3.90. The van der Waals surface area contributed by atoms with Crippen molar-refractivity contribution in [3.63, 3.8) is 0 Å². The average Bonchev–Trinajstić information content (AvgIpc) is 2.83. The molecule has 0 aromatic heterocycles. The number of ether oxygens (including phenoxy) is 1. The van der Waals surface area contributed by atoms with E-state index >= 15 is 0 Å². The van der Waals surface area contributed by atoms with Crippen LogP contribution >= 0.6 is 0 Å². The van der Waals surface area contributed by atoms with Gasteiger partial charge in [0.25, 0.3) is 5.91 Å². The number of hydrogen-bond acceptors (Lipinski definition) is 3. The zero-order valence-corrected chi connectivity index (χ0v) is 12.1. The van der Waals surface area contributed by atoms with E-state index in [2.05, 4.69) is 5.32 Å². The number of hydrogen-bond donors (Lipinski definition) is 1. The van der Waals surface area contributed by atoms with Gasteiger partial charge in [0.05, 0.1) is 12.1 Å². The quantitative estimate of drug-likeness (QED) is 0.908. The number of nitrogens with zero attached hydrogens (tertiary/aromatic N) is 1. The molecule has 104 valence electrons. The molecule has 1 amide bonds. The Kier molecular flexibility index (Phi) is 4.10. The fourth-order valence-corrected chi connectivity index (χ4v) is 2.66. The van der Waals surface area contributed by atoms with E-state index in [-0.39, 0.29) is 18.1 Å². The van der Waals surface area contributed by atoms with Gasteiger partial charge in [0.1, 0.15) is 0 Å². The highest BCUT2D eigenvalue weighted by Crippen LogP contribution is 2.22. The van der Waals surface area contributed by atoms with Crippen molar-refractivity contribution >= 4 is 11.6 Å². The molecule has 1 N–H and O–H groups in total. The first-order chi connectivity index (χ1) is 9.04. The number of nitrogens with one attached hydrogen (secondary N) is 1. The number of aryl methyl sites for hydroxylation is 1. The minimum absolute atomic E-state index is 0.0631. The molecule has 1 aromatic carbocycles. The Balaban J connectivity index is 2.17. The summed E-state index contributed by atoms with van der Waals surface area (Å²) in [4.78, 5) is 14.3. The number of rotatable bonds is 3. The normalized spacial score (nSPS) is 22.3. The molecule has 0 aliphatic carbocycles. The topological polar surface area (TPSA) is 41.6 Å². The van der Waals surface area contributed by atoms with Crippen molar-refractivity contribution in [3.8, 4) is 0 Å². The van der Waals surface area contributed by atoms with Crippen LogP contribution in [-0.4, -0.2) is 43.7 Å². The molecule has 0 bridgehead atoms. The summed E-state index contributed by atoms with van der Waals surface area (Å²) >= 11 is 0. The summed E-state index contributed by atoms with van der Waals surface area (Å²) in [7, 11) is 3.74. The maximum absolute atomic E-state index is 12.5. The van der Waals surface area contributed by atoms with Crippen LogP contribution in [0.4, 0.5) is 5.69 Å². The van der Waals surface area contributed by atoms with Crippen LogP contribution < -0.4 is 5.32 Å². The van der Waals surface area contributed by atoms with Crippen molar-refractivity contribution in [1.82, 2.24) is 4.90 Å². The third kappa shape index (κ3) is 2.73. The van der Waals surface area contributed by atoms with Crippen LogP contribution in [0.2, 0.25) is 0 Å². The molecule has 4 nitrogen and oxygen atoms in total. The number of anilines is 1. The summed E-state index contributed by atoms with van der Waals surface area (Å²) in [5.41, 5.74) is 2.87. The summed E-state index contributed by atoms with van der Waals surface area (Å²) in [6.07, 6.45) is 1.03. The van der Waals surface area contributed by atoms with Gasteiger partial charge in [-0.05, 0) is 44.0 Å². The monoisotopic (exact) mass is 262 g/mol. The lowest BCUT2D eigenvalue weighted by atomic mass is 10.1. The van der Waals surface area contributed by atoms with Crippen LogP contribution in [0, 0.1) is 6.92 Å². The van der Waals surface area contributed by atoms with Crippen LogP contribution in [-0.2, 0) is 4.74 Å². The summed E-state index contributed by atoms with van der Waals surface area (Å²) in [5, 5.41) is 3.11. The lowest BCUT2D eigenvalue weighted by molar-refractivity contribution is 0.0574. The Hall–Kier alpha value is -1.55. The maximum Gasteiger partial charge on any atom is 0.253 e. The molecule has 19 heavy (non-hydrogen) atoms. The zero-order chi connectivity index (χ0) is 14.0. The molecule has 0 spiro atoms. The first-order valence-electron chi connectivity index (χ1n) is 6.71. The summed E-state index contributed by atoms with van der Waals surface area (Å²) in [6.45, 7) is 4.77. The van der Waals surface area contributed by atoms with Gasteiger partial charge in [-0.1, -0.05) is 0 Å². The first-order valence-corrected chi connectivity index (χ1v) is 6.71. The van der Waals surface area contributed by atoms with Crippen molar-refractivity contribution in [2.75, 3.05) is 26.0 Å². The second-order valence-electron chi connectivity index (χ2n) is 5.13. The van der Waals surface area contributed by atoms with Gasteiger partial charge in [-0.3, -0.25) is 4.79 Å². The number of likely N-dealkylation sites (N-methyl/N-ethyl adjacent to an activating group) is 1. The summed E-state index contributed by atoms with van der Waals surface area (Å²) < 4.78 is 5.53. The lowest BCUT2D eigenvalue weighted by Crippen LogP contribution is -2.41. The molecule has 1 aliphatic heterocycles. The zero-order valence-electron chi connectivity index (χ0n) is 12.1. The van der Waals surface area contributed by atoms with Crippen molar-refractivity contribution in [2.24, 2.45) is 0 Å². The molecule has 2 rings (SSSR count). The minimum atomic E-state index is 0.0631. The second-order valence-corrected chi connectivity index (χ2v) is 5.13. The molecule has 0 saturated carbocycles. The Morgan fingerprint density at radius 3 is 2.74 bits per heavy atom. The molecule has 1 aromatic rings. The molecular formula is C15H22N2O2.